The number of hydrogen-bond donors (Lipinski definition) is 1. The molecular weight excluding hydrogens is 286 g/mol. The van der Waals surface area contributed by atoms with Gasteiger partial charge in [0.15, 0.2) is 0 Å². The van der Waals surface area contributed by atoms with Crippen LogP contribution in [0.1, 0.15) is 42.4 Å². The average Bonchev–Trinajstić information content (AvgIpc) is 2.15. The number of aryl methyl sites for hydroxylation is 1. The van der Waals surface area contributed by atoms with Crippen LogP contribution in [0.2, 0.25) is 0 Å². The van der Waals surface area contributed by atoms with E-state index in [-0.39, 0.29) is 16.5 Å². The van der Waals surface area contributed by atoms with Crippen molar-refractivity contribution in [1.82, 2.24) is 4.98 Å². The molecule has 4 nitrogen and oxygen atoms in total. The molecule has 0 saturated carbocycles. The number of carbonyl (C=O) groups excluding carboxylic acids is 1. The van der Waals surface area contributed by atoms with Crippen molar-refractivity contribution in [1.29, 1.82) is 0 Å². The number of halogens is 1. The number of H-pyrrole nitrogens is 1. The van der Waals surface area contributed by atoms with Crippen molar-refractivity contribution >= 4 is 21.9 Å². The van der Waals surface area contributed by atoms with Gasteiger partial charge in [0.25, 0.3) is 5.56 Å². The number of esters is 1. The fourth-order valence-corrected chi connectivity index (χ4v) is 2.01. The first-order chi connectivity index (χ1) is 7.77. The van der Waals surface area contributed by atoms with Gasteiger partial charge in [-0.25, -0.2) is 4.79 Å². The lowest BCUT2D eigenvalue weighted by atomic mass is 10.00. The largest absolute Gasteiger partial charge is 0.462 e. The molecule has 1 rings (SSSR count). The number of aromatic amines is 1. The fourth-order valence-electron chi connectivity index (χ4n) is 1.60. The van der Waals surface area contributed by atoms with Gasteiger partial charge in [-0.1, -0.05) is 15.9 Å². The maximum atomic E-state index is 11.7. The van der Waals surface area contributed by atoms with E-state index in [9.17, 15) is 9.59 Å². The third-order valence-electron chi connectivity index (χ3n) is 2.37. The van der Waals surface area contributed by atoms with E-state index in [0.717, 1.165) is 11.3 Å². The summed E-state index contributed by atoms with van der Waals surface area (Å²) >= 11 is 3.51. The van der Waals surface area contributed by atoms with E-state index in [1.165, 1.54) is 0 Å². The number of alkyl halides is 1. The van der Waals surface area contributed by atoms with Crippen LogP contribution in [0.4, 0.5) is 0 Å². The van der Waals surface area contributed by atoms with Crippen molar-refractivity contribution in [3.05, 3.63) is 33.2 Å². The number of rotatable bonds is 3. The summed E-state index contributed by atoms with van der Waals surface area (Å²) in [6, 6.07) is 1.58. The van der Waals surface area contributed by atoms with Crippen LogP contribution in [0.5, 0.6) is 0 Å². The molecular formula is C12H16BrNO3. The number of nitrogens with one attached hydrogen (secondary N) is 1. The SMILES string of the molecule is CCOC(=O)c1cc(C(C)(C)Br)c(C)[nH]c1=O. The van der Waals surface area contributed by atoms with Gasteiger partial charge in [0.05, 0.1) is 6.61 Å². The average molecular weight is 302 g/mol. The summed E-state index contributed by atoms with van der Waals surface area (Å²) in [5.41, 5.74) is 1.23. The summed E-state index contributed by atoms with van der Waals surface area (Å²) < 4.78 is 4.53. The Labute approximate surface area is 109 Å². The quantitative estimate of drug-likeness (QED) is 0.689. The smallest absolute Gasteiger partial charge is 0.343 e. The molecule has 1 N–H and O–H groups in total. The van der Waals surface area contributed by atoms with Crippen LogP contribution in [0.3, 0.4) is 0 Å². The first-order valence-electron chi connectivity index (χ1n) is 5.37. The zero-order valence-electron chi connectivity index (χ0n) is 10.4. The third-order valence-corrected chi connectivity index (χ3v) is 2.80. The predicted molar refractivity (Wildman–Crippen MR) is 69.7 cm³/mol. The zero-order valence-corrected chi connectivity index (χ0v) is 12.0. The second-order valence-corrected chi connectivity index (χ2v) is 6.23. The van der Waals surface area contributed by atoms with Crippen LogP contribution in [0.25, 0.3) is 0 Å². The van der Waals surface area contributed by atoms with E-state index in [2.05, 4.69) is 20.9 Å². The maximum absolute atomic E-state index is 11.7. The highest BCUT2D eigenvalue weighted by Crippen LogP contribution is 2.31. The van der Waals surface area contributed by atoms with Gasteiger partial charge in [0.1, 0.15) is 5.56 Å². The van der Waals surface area contributed by atoms with E-state index in [1.54, 1.807) is 19.9 Å². The Kier molecular flexibility index (Phi) is 4.14. The number of hydrogen-bond acceptors (Lipinski definition) is 3. The lowest BCUT2D eigenvalue weighted by Gasteiger charge is -2.19. The lowest BCUT2D eigenvalue weighted by Crippen LogP contribution is -2.24. The monoisotopic (exact) mass is 301 g/mol. The molecule has 0 atom stereocenters. The molecule has 0 radical (unpaired) electrons. The van der Waals surface area contributed by atoms with E-state index in [4.69, 9.17) is 4.74 Å². The first-order valence-corrected chi connectivity index (χ1v) is 6.17. The summed E-state index contributed by atoms with van der Waals surface area (Å²) in [5, 5.41) is 0. The minimum absolute atomic E-state index is 0.0416. The summed E-state index contributed by atoms with van der Waals surface area (Å²) in [4.78, 5) is 25.9. The van der Waals surface area contributed by atoms with Crippen LogP contribution >= 0.6 is 15.9 Å². The normalized spacial score (nSPS) is 11.4. The molecule has 1 aromatic rings. The van der Waals surface area contributed by atoms with Gasteiger partial charge in [-0.2, -0.15) is 0 Å². The molecule has 0 fully saturated rings. The zero-order chi connectivity index (χ0) is 13.2. The Balaban J connectivity index is 3.34. The third kappa shape index (κ3) is 3.19. The van der Waals surface area contributed by atoms with Gasteiger partial charge in [-0.05, 0) is 39.3 Å². The topological polar surface area (TPSA) is 59.2 Å². The molecule has 17 heavy (non-hydrogen) atoms. The molecule has 94 valence electrons. The van der Waals surface area contributed by atoms with Crippen molar-refractivity contribution in [2.45, 2.75) is 32.0 Å². The highest BCUT2D eigenvalue weighted by atomic mass is 79.9. The minimum atomic E-state index is -0.591. The number of aromatic nitrogens is 1. The number of carbonyl (C=O) groups is 1. The second-order valence-electron chi connectivity index (χ2n) is 4.24. The van der Waals surface area contributed by atoms with Crippen LogP contribution < -0.4 is 5.56 Å². The Morgan fingerprint density at radius 1 is 1.53 bits per heavy atom. The van der Waals surface area contributed by atoms with Crippen molar-refractivity contribution in [2.75, 3.05) is 6.61 Å². The van der Waals surface area contributed by atoms with E-state index in [1.807, 2.05) is 13.8 Å². The van der Waals surface area contributed by atoms with Gasteiger partial charge in [0.2, 0.25) is 0 Å². The molecule has 0 unspecified atom stereocenters. The molecule has 0 bridgehead atoms. The summed E-state index contributed by atoms with van der Waals surface area (Å²) in [6.45, 7) is 7.65. The Hall–Kier alpha value is -1.10. The van der Waals surface area contributed by atoms with Crippen LogP contribution in [-0.2, 0) is 9.06 Å². The first kappa shape index (κ1) is 14.0. The Morgan fingerprint density at radius 3 is 2.59 bits per heavy atom. The molecule has 0 aromatic carbocycles. The summed E-state index contributed by atoms with van der Waals surface area (Å²) in [7, 11) is 0. The molecule has 0 saturated heterocycles. The van der Waals surface area contributed by atoms with Gasteiger partial charge in [0, 0.05) is 10.0 Å². The van der Waals surface area contributed by atoms with E-state index < -0.39 is 11.5 Å². The van der Waals surface area contributed by atoms with Crippen molar-refractivity contribution < 1.29 is 9.53 Å². The fraction of sp³-hybridized carbons (Fsp3) is 0.500. The summed E-state index contributed by atoms with van der Waals surface area (Å²) in [5.74, 6) is -0.591. The van der Waals surface area contributed by atoms with Gasteiger partial charge < -0.3 is 9.72 Å². The standard InChI is InChI=1S/C12H16BrNO3/c1-5-17-11(16)8-6-9(12(3,4)13)7(2)14-10(8)15/h6H,5H2,1-4H3,(H,14,15). The summed E-state index contributed by atoms with van der Waals surface area (Å²) in [6.07, 6.45) is 0. The van der Waals surface area contributed by atoms with Crippen molar-refractivity contribution in [2.24, 2.45) is 0 Å². The lowest BCUT2D eigenvalue weighted by molar-refractivity contribution is 0.0524. The highest BCUT2D eigenvalue weighted by Gasteiger charge is 2.22. The van der Waals surface area contributed by atoms with E-state index >= 15 is 0 Å². The molecule has 1 heterocycles. The maximum Gasteiger partial charge on any atom is 0.343 e. The number of ether oxygens (including phenoxy) is 1. The predicted octanol–water partition coefficient (Wildman–Crippen LogP) is 2.49. The molecule has 0 aliphatic rings. The highest BCUT2D eigenvalue weighted by molar-refractivity contribution is 9.09. The molecule has 0 aliphatic carbocycles. The molecule has 5 heteroatoms. The number of pyridine rings is 1. The Morgan fingerprint density at radius 2 is 2.12 bits per heavy atom. The molecule has 0 aliphatic heterocycles. The van der Waals surface area contributed by atoms with E-state index in [0.29, 0.717) is 0 Å². The second kappa shape index (κ2) is 5.04. The van der Waals surface area contributed by atoms with Crippen molar-refractivity contribution in [3.8, 4) is 0 Å². The van der Waals surface area contributed by atoms with Gasteiger partial charge in [-0.3, -0.25) is 4.79 Å². The molecule has 0 spiro atoms. The van der Waals surface area contributed by atoms with Gasteiger partial charge in [-0.15, -0.1) is 0 Å². The minimum Gasteiger partial charge on any atom is -0.462 e. The van der Waals surface area contributed by atoms with Crippen LogP contribution in [0, 0.1) is 6.92 Å². The molecule has 1 aromatic heterocycles. The van der Waals surface area contributed by atoms with Crippen molar-refractivity contribution in [3.63, 3.8) is 0 Å². The van der Waals surface area contributed by atoms with Gasteiger partial charge >= 0.3 is 5.97 Å². The van der Waals surface area contributed by atoms with Crippen LogP contribution in [0.15, 0.2) is 10.9 Å². The molecule has 0 amide bonds. The van der Waals surface area contributed by atoms with Crippen LogP contribution in [-0.4, -0.2) is 17.6 Å². The Bertz CT molecular complexity index is 486.